The Morgan fingerprint density at radius 1 is 1.00 bits per heavy atom. The van der Waals surface area contributed by atoms with E-state index in [9.17, 15) is 20.4 Å². The van der Waals surface area contributed by atoms with Gasteiger partial charge in [-0.1, -0.05) is 41.6 Å². The molecule has 0 spiro atoms. The number of aliphatic hydroxyl groups excluding tert-OH is 5. The van der Waals surface area contributed by atoms with Crippen LogP contribution in [0, 0.1) is 6.92 Å². The van der Waals surface area contributed by atoms with Gasteiger partial charge < -0.3 is 34.8 Å². The molecule has 172 valence electrons. The highest BCUT2D eigenvalue weighted by atomic mass is 35.5. The summed E-state index contributed by atoms with van der Waals surface area (Å²) >= 11 is 8.07. The van der Waals surface area contributed by atoms with E-state index >= 15 is 0 Å². The van der Waals surface area contributed by atoms with E-state index < -0.39 is 37.3 Å². The van der Waals surface area contributed by atoms with Crippen LogP contribution in [0.5, 0.6) is 0 Å². The van der Waals surface area contributed by atoms with Crippen LogP contribution in [-0.4, -0.2) is 67.7 Å². The predicted molar refractivity (Wildman–Crippen MR) is 122 cm³/mol. The summed E-state index contributed by atoms with van der Waals surface area (Å²) in [5, 5.41) is 51.1. The van der Waals surface area contributed by atoms with Crippen LogP contribution in [0.2, 0.25) is 5.02 Å². The lowest BCUT2D eigenvalue weighted by molar-refractivity contribution is -0.250. The van der Waals surface area contributed by atoms with Crippen LogP contribution in [0.15, 0.2) is 52.4 Å². The lowest BCUT2D eigenvalue weighted by Crippen LogP contribution is -2.56. The molecule has 5 atom stereocenters. The number of aliphatic hydroxyl groups is 5. The first-order valence-corrected chi connectivity index (χ1v) is 11.5. The standard InChI is InChI=1S/C23H26ClNO6S/c1-12-2-7-15(24)18-17(32-14-5-3-13(4-6-14)8-9-26)10-25(19(12)18)23-22(30)21(29)20(28)16(11-27)31-23/h2-7,10,16,20-23,26-30H,8-9,11H2,1H3/t16-,20-,21+,22-,23-/m1/s1. The van der Waals surface area contributed by atoms with Crippen molar-refractivity contribution in [2.24, 2.45) is 0 Å². The van der Waals surface area contributed by atoms with Crippen molar-refractivity contribution in [3.8, 4) is 0 Å². The molecule has 1 saturated heterocycles. The molecule has 0 bridgehead atoms. The van der Waals surface area contributed by atoms with Gasteiger partial charge in [-0.15, -0.1) is 0 Å². The molecule has 0 aliphatic carbocycles. The fraction of sp³-hybridized carbons (Fsp3) is 0.391. The Kier molecular flexibility index (Phi) is 7.14. The molecule has 4 rings (SSSR count). The number of aryl methyl sites for hydroxylation is 1. The number of nitrogens with zero attached hydrogens (tertiary/aromatic N) is 1. The number of halogens is 1. The molecule has 5 N–H and O–H groups in total. The van der Waals surface area contributed by atoms with Gasteiger partial charge in [-0.05, 0) is 42.7 Å². The molecular weight excluding hydrogens is 454 g/mol. The molecule has 2 aromatic carbocycles. The van der Waals surface area contributed by atoms with E-state index in [1.165, 1.54) is 11.8 Å². The van der Waals surface area contributed by atoms with Gasteiger partial charge in [-0.2, -0.15) is 0 Å². The Morgan fingerprint density at radius 2 is 1.72 bits per heavy atom. The molecule has 0 saturated carbocycles. The van der Waals surface area contributed by atoms with Crippen molar-refractivity contribution in [2.75, 3.05) is 13.2 Å². The SMILES string of the molecule is Cc1ccc(Cl)c2c(Sc3ccc(CCO)cc3)cn([C@@H]3O[C@H](CO)[C@@H](O)[C@H](O)[C@H]3O)c12. The van der Waals surface area contributed by atoms with E-state index in [0.29, 0.717) is 11.4 Å². The molecule has 3 aromatic rings. The fourth-order valence-electron chi connectivity index (χ4n) is 4.06. The molecule has 0 unspecified atom stereocenters. The number of aromatic nitrogens is 1. The molecule has 0 radical (unpaired) electrons. The number of ether oxygens (including phenoxy) is 1. The molecule has 1 aromatic heterocycles. The zero-order valence-corrected chi connectivity index (χ0v) is 19.0. The highest BCUT2D eigenvalue weighted by Gasteiger charge is 2.44. The first-order chi connectivity index (χ1) is 15.3. The maximum absolute atomic E-state index is 10.7. The second kappa shape index (κ2) is 9.70. The largest absolute Gasteiger partial charge is 0.396 e. The van der Waals surface area contributed by atoms with Gasteiger partial charge in [0.2, 0.25) is 0 Å². The number of rotatable bonds is 6. The van der Waals surface area contributed by atoms with Crippen LogP contribution in [0.3, 0.4) is 0 Å². The summed E-state index contributed by atoms with van der Waals surface area (Å²) in [5.74, 6) is 0. The van der Waals surface area contributed by atoms with Crippen LogP contribution in [-0.2, 0) is 11.2 Å². The third-order valence-corrected chi connectivity index (χ3v) is 7.13. The summed E-state index contributed by atoms with van der Waals surface area (Å²) in [6, 6.07) is 11.5. The van der Waals surface area contributed by atoms with E-state index in [2.05, 4.69) is 0 Å². The summed E-state index contributed by atoms with van der Waals surface area (Å²) in [6.45, 7) is 1.51. The summed E-state index contributed by atoms with van der Waals surface area (Å²) in [5.41, 5.74) is 2.67. The second-order valence-corrected chi connectivity index (χ2v) is 9.45. The molecule has 1 aliphatic rings. The van der Waals surface area contributed by atoms with Crippen molar-refractivity contribution in [3.63, 3.8) is 0 Å². The predicted octanol–water partition coefficient (Wildman–Crippen LogP) is 2.26. The van der Waals surface area contributed by atoms with Crippen molar-refractivity contribution < 1.29 is 30.3 Å². The average Bonchev–Trinajstić information content (AvgIpc) is 3.16. The lowest BCUT2D eigenvalue weighted by Gasteiger charge is -2.40. The molecule has 1 aliphatic heterocycles. The topological polar surface area (TPSA) is 115 Å². The second-order valence-electron chi connectivity index (χ2n) is 7.93. The highest BCUT2D eigenvalue weighted by molar-refractivity contribution is 7.99. The van der Waals surface area contributed by atoms with Gasteiger partial charge in [-0.3, -0.25) is 0 Å². The number of benzene rings is 2. The van der Waals surface area contributed by atoms with E-state index in [-0.39, 0.29) is 6.61 Å². The van der Waals surface area contributed by atoms with Crippen molar-refractivity contribution in [1.29, 1.82) is 0 Å². The van der Waals surface area contributed by atoms with E-state index in [4.69, 9.17) is 21.4 Å². The average molecular weight is 480 g/mol. The van der Waals surface area contributed by atoms with Crippen LogP contribution >= 0.6 is 23.4 Å². The Bertz CT molecular complexity index is 1090. The van der Waals surface area contributed by atoms with E-state index in [0.717, 1.165) is 31.8 Å². The van der Waals surface area contributed by atoms with Crippen molar-refractivity contribution in [2.45, 2.75) is 53.8 Å². The third kappa shape index (κ3) is 4.30. The van der Waals surface area contributed by atoms with Gasteiger partial charge in [0.05, 0.1) is 17.1 Å². The number of hydrogen-bond donors (Lipinski definition) is 5. The molecule has 32 heavy (non-hydrogen) atoms. The van der Waals surface area contributed by atoms with Crippen LogP contribution in [0.4, 0.5) is 0 Å². The molecule has 7 nitrogen and oxygen atoms in total. The Morgan fingerprint density at radius 3 is 2.38 bits per heavy atom. The molecule has 1 fully saturated rings. The minimum atomic E-state index is -1.47. The van der Waals surface area contributed by atoms with Gasteiger partial charge in [0.1, 0.15) is 24.4 Å². The molecule has 2 heterocycles. The summed E-state index contributed by atoms with van der Waals surface area (Å²) < 4.78 is 7.51. The molecular formula is C23H26ClNO6S. The van der Waals surface area contributed by atoms with Gasteiger partial charge in [0.25, 0.3) is 0 Å². The van der Waals surface area contributed by atoms with Gasteiger partial charge in [0, 0.05) is 28.0 Å². The monoisotopic (exact) mass is 479 g/mol. The van der Waals surface area contributed by atoms with Gasteiger partial charge in [0.15, 0.2) is 6.23 Å². The van der Waals surface area contributed by atoms with E-state index in [1.54, 1.807) is 4.57 Å². The van der Waals surface area contributed by atoms with Gasteiger partial charge >= 0.3 is 0 Å². The van der Waals surface area contributed by atoms with Gasteiger partial charge in [-0.25, -0.2) is 0 Å². The van der Waals surface area contributed by atoms with Crippen molar-refractivity contribution in [3.05, 3.63) is 58.7 Å². The zero-order chi connectivity index (χ0) is 23.0. The van der Waals surface area contributed by atoms with Crippen LogP contribution in [0.25, 0.3) is 10.9 Å². The quantitative estimate of drug-likeness (QED) is 0.368. The normalized spacial score (nSPS) is 26.0. The van der Waals surface area contributed by atoms with Crippen LogP contribution < -0.4 is 0 Å². The van der Waals surface area contributed by atoms with Crippen LogP contribution in [0.1, 0.15) is 17.4 Å². The van der Waals surface area contributed by atoms with Crippen molar-refractivity contribution >= 4 is 34.3 Å². The summed E-state index contributed by atoms with van der Waals surface area (Å²) in [4.78, 5) is 1.80. The highest BCUT2D eigenvalue weighted by Crippen LogP contribution is 2.42. The molecule has 9 heteroatoms. The minimum Gasteiger partial charge on any atom is -0.396 e. The first-order valence-electron chi connectivity index (χ1n) is 10.3. The number of fused-ring (bicyclic) bond motifs is 1. The summed E-state index contributed by atoms with van der Waals surface area (Å²) in [6.07, 6.45) is -3.94. The van der Waals surface area contributed by atoms with Crippen molar-refractivity contribution in [1.82, 2.24) is 4.57 Å². The zero-order valence-electron chi connectivity index (χ0n) is 17.4. The Hall–Kier alpha value is -1.62. The maximum Gasteiger partial charge on any atom is 0.163 e. The molecule has 0 amide bonds. The number of hydrogen-bond acceptors (Lipinski definition) is 7. The smallest absolute Gasteiger partial charge is 0.163 e. The van der Waals surface area contributed by atoms with E-state index in [1.807, 2.05) is 49.5 Å². The third-order valence-electron chi connectivity index (χ3n) is 5.78. The fourth-order valence-corrected chi connectivity index (χ4v) is 5.37. The first kappa shape index (κ1) is 23.5. The lowest BCUT2D eigenvalue weighted by atomic mass is 9.98. The Balaban J connectivity index is 1.78. The maximum atomic E-state index is 10.7. The summed E-state index contributed by atoms with van der Waals surface area (Å²) in [7, 11) is 0. The Labute approximate surface area is 194 Å². The minimum absolute atomic E-state index is 0.0912.